The van der Waals surface area contributed by atoms with Crippen molar-refractivity contribution in [1.29, 1.82) is 0 Å². The number of likely N-dealkylation sites (N-methyl/N-ethyl adjacent to an activating group) is 1. The van der Waals surface area contributed by atoms with Crippen molar-refractivity contribution in [3.05, 3.63) is 65.7 Å². The molecule has 0 fully saturated rings. The number of amides is 2. The van der Waals surface area contributed by atoms with Crippen LogP contribution in [0, 0.1) is 5.41 Å². The fourth-order valence-electron chi connectivity index (χ4n) is 2.88. The first kappa shape index (κ1) is 21.6. The van der Waals surface area contributed by atoms with Crippen LogP contribution in [-0.4, -0.2) is 36.3 Å². The van der Waals surface area contributed by atoms with Gasteiger partial charge in [0.05, 0.1) is 17.8 Å². The Morgan fingerprint density at radius 2 is 1.61 bits per heavy atom. The number of rotatable bonds is 7. The molecular weight excluding hydrogens is 350 g/mol. The van der Waals surface area contributed by atoms with Crippen molar-refractivity contribution >= 4 is 17.5 Å². The molecule has 1 unspecified atom stereocenters. The molecule has 0 saturated carbocycles. The van der Waals surface area contributed by atoms with Crippen molar-refractivity contribution in [3.8, 4) is 0 Å². The number of anilines is 1. The average Bonchev–Trinajstić information content (AvgIpc) is 2.65. The maximum absolute atomic E-state index is 12.6. The molecule has 0 aromatic heterocycles. The van der Waals surface area contributed by atoms with Crippen LogP contribution in [0.1, 0.15) is 43.6 Å². The molecule has 0 radical (unpaired) electrons. The monoisotopic (exact) mass is 381 g/mol. The van der Waals surface area contributed by atoms with Gasteiger partial charge >= 0.3 is 0 Å². The van der Waals surface area contributed by atoms with E-state index in [0.29, 0.717) is 17.8 Å². The maximum atomic E-state index is 12.6. The second-order valence-electron chi connectivity index (χ2n) is 8.22. The van der Waals surface area contributed by atoms with Gasteiger partial charge in [-0.2, -0.15) is 0 Å². The Morgan fingerprint density at radius 1 is 1.00 bits per heavy atom. The lowest BCUT2D eigenvalue weighted by Crippen LogP contribution is -2.43. The van der Waals surface area contributed by atoms with Crippen LogP contribution in [-0.2, 0) is 11.3 Å². The molecule has 0 spiro atoms. The number of carbonyl (C=O) groups excluding carboxylic acids is 2. The first-order valence-corrected chi connectivity index (χ1v) is 9.59. The molecule has 2 rings (SSSR count). The largest absolute Gasteiger partial charge is 0.348 e. The number of carbonyl (C=O) groups is 2. The van der Waals surface area contributed by atoms with Crippen molar-refractivity contribution in [1.82, 2.24) is 10.2 Å². The molecule has 5 heteroatoms. The van der Waals surface area contributed by atoms with E-state index >= 15 is 0 Å². The van der Waals surface area contributed by atoms with Crippen LogP contribution in [0.5, 0.6) is 0 Å². The highest BCUT2D eigenvalue weighted by Crippen LogP contribution is 2.23. The minimum Gasteiger partial charge on any atom is -0.348 e. The highest BCUT2D eigenvalue weighted by Gasteiger charge is 2.25. The summed E-state index contributed by atoms with van der Waals surface area (Å²) in [5.41, 5.74) is 2.08. The van der Waals surface area contributed by atoms with Gasteiger partial charge in [-0.05, 0) is 37.1 Å². The Kier molecular flexibility index (Phi) is 7.35. The van der Waals surface area contributed by atoms with Gasteiger partial charge in [0.15, 0.2) is 0 Å². The quantitative estimate of drug-likeness (QED) is 0.764. The number of benzene rings is 2. The normalized spacial score (nSPS) is 12.5. The van der Waals surface area contributed by atoms with Crippen LogP contribution in [0.25, 0.3) is 0 Å². The Labute approximate surface area is 168 Å². The number of hydrogen-bond donors (Lipinski definition) is 2. The Balaban J connectivity index is 2.01. The summed E-state index contributed by atoms with van der Waals surface area (Å²) >= 11 is 0. The molecule has 0 aliphatic rings. The Morgan fingerprint density at radius 3 is 2.25 bits per heavy atom. The van der Waals surface area contributed by atoms with E-state index in [4.69, 9.17) is 0 Å². The van der Waals surface area contributed by atoms with E-state index < -0.39 is 0 Å². The topological polar surface area (TPSA) is 61.4 Å². The maximum Gasteiger partial charge on any atom is 0.253 e. The van der Waals surface area contributed by atoms with Gasteiger partial charge in [-0.15, -0.1) is 0 Å². The lowest BCUT2D eigenvalue weighted by Gasteiger charge is -2.34. The van der Waals surface area contributed by atoms with E-state index in [0.717, 1.165) is 5.56 Å². The molecule has 28 heavy (non-hydrogen) atoms. The minimum atomic E-state index is -0.212. The van der Waals surface area contributed by atoms with Crippen LogP contribution < -0.4 is 10.6 Å². The SMILES string of the molecule is CC(N(C)CC(=O)Nc1ccccc1C(=O)NCc1ccccc1)C(C)(C)C. The fourth-order valence-corrected chi connectivity index (χ4v) is 2.88. The van der Waals surface area contributed by atoms with Gasteiger partial charge in [0.25, 0.3) is 5.91 Å². The van der Waals surface area contributed by atoms with E-state index in [-0.39, 0.29) is 29.8 Å². The van der Waals surface area contributed by atoms with Gasteiger partial charge < -0.3 is 10.6 Å². The molecule has 0 heterocycles. The van der Waals surface area contributed by atoms with Gasteiger partial charge in [0, 0.05) is 12.6 Å². The minimum absolute atomic E-state index is 0.0737. The summed E-state index contributed by atoms with van der Waals surface area (Å²) in [4.78, 5) is 27.2. The summed E-state index contributed by atoms with van der Waals surface area (Å²) in [6.45, 7) is 9.26. The van der Waals surface area contributed by atoms with Gasteiger partial charge in [-0.3, -0.25) is 14.5 Å². The zero-order chi connectivity index (χ0) is 20.7. The van der Waals surface area contributed by atoms with Crippen molar-refractivity contribution in [2.24, 2.45) is 5.41 Å². The van der Waals surface area contributed by atoms with Crippen molar-refractivity contribution in [2.75, 3.05) is 18.9 Å². The Bertz CT molecular complexity index is 797. The summed E-state index contributed by atoms with van der Waals surface area (Å²) in [5, 5.41) is 5.79. The van der Waals surface area contributed by atoms with Crippen LogP contribution in [0.4, 0.5) is 5.69 Å². The van der Waals surface area contributed by atoms with E-state index in [2.05, 4.69) is 38.3 Å². The fraction of sp³-hybridized carbons (Fsp3) is 0.391. The second-order valence-corrected chi connectivity index (χ2v) is 8.22. The highest BCUT2D eigenvalue weighted by molar-refractivity contribution is 6.04. The zero-order valence-corrected chi connectivity index (χ0v) is 17.5. The van der Waals surface area contributed by atoms with Gasteiger partial charge in [-0.25, -0.2) is 0 Å². The van der Waals surface area contributed by atoms with Crippen molar-refractivity contribution in [3.63, 3.8) is 0 Å². The predicted molar refractivity (Wildman–Crippen MR) is 114 cm³/mol. The van der Waals surface area contributed by atoms with Crippen molar-refractivity contribution < 1.29 is 9.59 Å². The molecule has 2 N–H and O–H groups in total. The summed E-state index contributed by atoms with van der Waals surface area (Å²) in [7, 11) is 1.94. The third-order valence-corrected chi connectivity index (χ3v) is 5.05. The first-order valence-electron chi connectivity index (χ1n) is 9.59. The third-order valence-electron chi connectivity index (χ3n) is 5.05. The van der Waals surface area contributed by atoms with Gasteiger partial charge in [0.1, 0.15) is 0 Å². The van der Waals surface area contributed by atoms with Crippen LogP contribution in [0.15, 0.2) is 54.6 Å². The summed E-state index contributed by atoms with van der Waals surface area (Å²) < 4.78 is 0. The molecule has 2 aromatic rings. The number of hydrogen-bond acceptors (Lipinski definition) is 3. The van der Waals surface area contributed by atoms with Gasteiger partial charge in [-0.1, -0.05) is 63.2 Å². The van der Waals surface area contributed by atoms with Crippen LogP contribution >= 0.6 is 0 Å². The van der Waals surface area contributed by atoms with E-state index in [1.54, 1.807) is 18.2 Å². The molecule has 0 aliphatic carbocycles. The first-order chi connectivity index (χ1) is 13.2. The third kappa shape index (κ3) is 6.20. The molecule has 5 nitrogen and oxygen atoms in total. The second kappa shape index (κ2) is 9.51. The van der Waals surface area contributed by atoms with E-state index in [1.165, 1.54) is 0 Å². The zero-order valence-electron chi connectivity index (χ0n) is 17.5. The lowest BCUT2D eigenvalue weighted by atomic mass is 9.87. The molecule has 150 valence electrons. The van der Waals surface area contributed by atoms with E-state index in [9.17, 15) is 9.59 Å². The predicted octanol–water partition coefficient (Wildman–Crippen LogP) is 3.92. The van der Waals surface area contributed by atoms with Crippen LogP contribution in [0.3, 0.4) is 0 Å². The molecule has 0 bridgehead atoms. The molecule has 2 aromatic carbocycles. The summed E-state index contributed by atoms with van der Waals surface area (Å²) in [6.07, 6.45) is 0. The molecule has 2 amide bonds. The standard InChI is InChI=1S/C23H31N3O2/c1-17(23(2,3)4)26(5)16-21(27)25-20-14-10-9-13-19(20)22(28)24-15-18-11-7-6-8-12-18/h6-14,17H,15-16H2,1-5H3,(H,24,28)(H,25,27). The lowest BCUT2D eigenvalue weighted by molar-refractivity contribution is -0.117. The number of nitrogens with zero attached hydrogens (tertiary/aromatic N) is 1. The van der Waals surface area contributed by atoms with E-state index in [1.807, 2.05) is 48.3 Å². The highest BCUT2D eigenvalue weighted by atomic mass is 16.2. The molecular formula is C23H31N3O2. The van der Waals surface area contributed by atoms with Crippen molar-refractivity contribution in [2.45, 2.75) is 40.3 Å². The van der Waals surface area contributed by atoms with Gasteiger partial charge in [0.2, 0.25) is 5.91 Å². The molecule has 0 aliphatic heterocycles. The molecule has 1 atom stereocenters. The smallest absolute Gasteiger partial charge is 0.253 e. The molecule has 0 saturated heterocycles. The summed E-state index contributed by atoms with van der Waals surface area (Å²) in [6, 6.07) is 17.0. The Hall–Kier alpha value is -2.66. The average molecular weight is 382 g/mol. The number of para-hydroxylation sites is 1. The number of nitrogens with one attached hydrogen (secondary N) is 2. The summed E-state index contributed by atoms with van der Waals surface area (Å²) in [5.74, 6) is -0.349. The van der Waals surface area contributed by atoms with Crippen LogP contribution in [0.2, 0.25) is 0 Å².